The van der Waals surface area contributed by atoms with E-state index in [0.29, 0.717) is 63.9 Å². The average Bonchev–Trinajstić information content (AvgIpc) is 2.97. The summed E-state index contributed by atoms with van der Waals surface area (Å²) in [7, 11) is 3.07. The fourth-order valence-electron chi connectivity index (χ4n) is 4.23. The molecule has 2 heterocycles. The Labute approximate surface area is 239 Å². The molecule has 0 aliphatic carbocycles. The first-order valence-corrected chi connectivity index (χ1v) is 13.5. The number of esters is 1. The Morgan fingerprint density at radius 3 is 2.46 bits per heavy atom. The van der Waals surface area contributed by atoms with E-state index >= 15 is 0 Å². The van der Waals surface area contributed by atoms with Gasteiger partial charge in [-0.3, -0.25) is 14.6 Å². The van der Waals surface area contributed by atoms with Crippen molar-refractivity contribution in [2.45, 2.75) is 53.1 Å². The molecular weight excluding hydrogens is 522 g/mol. The number of rotatable bonds is 10. The molecule has 0 fully saturated rings. The van der Waals surface area contributed by atoms with Crippen molar-refractivity contribution in [3.8, 4) is 11.5 Å². The SMILES string of the molecule is CCCC(=O)OCc1cnc(C)c2oc(=Nc3ccc(C(C)C)cc3)c(C(=O)Nc3ccc(OC)cc3OC)cc12. The molecule has 0 radical (unpaired) electrons. The number of ether oxygens (including phenoxy) is 3. The van der Waals surface area contributed by atoms with Gasteiger partial charge in [0.05, 0.1) is 31.3 Å². The monoisotopic (exact) mass is 557 g/mol. The molecule has 4 rings (SSSR count). The van der Waals surface area contributed by atoms with Gasteiger partial charge in [-0.15, -0.1) is 0 Å². The van der Waals surface area contributed by atoms with Crippen molar-refractivity contribution >= 4 is 34.2 Å². The van der Waals surface area contributed by atoms with Gasteiger partial charge >= 0.3 is 5.97 Å². The van der Waals surface area contributed by atoms with Gasteiger partial charge in [0, 0.05) is 29.6 Å². The van der Waals surface area contributed by atoms with E-state index in [1.165, 1.54) is 12.7 Å². The molecule has 0 bridgehead atoms. The summed E-state index contributed by atoms with van der Waals surface area (Å²) in [6.45, 7) is 7.95. The zero-order valence-corrected chi connectivity index (χ0v) is 24.2. The summed E-state index contributed by atoms with van der Waals surface area (Å²) in [5.41, 5.74) is 4.23. The van der Waals surface area contributed by atoms with Gasteiger partial charge < -0.3 is 23.9 Å². The fraction of sp³-hybridized carbons (Fsp3) is 0.312. The van der Waals surface area contributed by atoms with Crippen LogP contribution >= 0.6 is 0 Å². The van der Waals surface area contributed by atoms with Crippen molar-refractivity contribution in [1.29, 1.82) is 0 Å². The first-order valence-electron chi connectivity index (χ1n) is 13.5. The number of anilines is 1. The number of fused-ring (bicyclic) bond motifs is 1. The second-order valence-electron chi connectivity index (χ2n) is 9.87. The van der Waals surface area contributed by atoms with Crippen LogP contribution in [0.15, 0.2) is 64.1 Å². The Bertz CT molecular complexity index is 1620. The lowest BCUT2D eigenvalue weighted by molar-refractivity contribution is -0.144. The number of benzene rings is 2. The smallest absolute Gasteiger partial charge is 0.306 e. The van der Waals surface area contributed by atoms with Crippen LogP contribution in [0.25, 0.3) is 11.0 Å². The van der Waals surface area contributed by atoms with Gasteiger partial charge in [0.15, 0.2) is 5.58 Å². The van der Waals surface area contributed by atoms with E-state index in [1.54, 1.807) is 37.6 Å². The maximum atomic E-state index is 13.8. The van der Waals surface area contributed by atoms with E-state index in [1.807, 2.05) is 38.1 Å². The lowest BCUT2D eigenvalue weighted by Gasteiger charge is -2.13. The second-order valence-corrected chi connectivity index (χ2v) is 9.87. The summed E-state index contributed by atoms with van der Waals surface area (Å²) in [6, 6.07) is 14.6. The van der Waals surface area contributed by atoms with E-state index in [9.17, 15) is 9.59 Å². The van der Waals surface area contributed by atoms with Gasteiger partial charge in [0.25, 0.3) is 5.91 Å². The predicted octanol–water partition coefficient (Wildman–Crippen LogP) is 6.60. The molecule has 1 N–H and O–H groups in total. The molecule has 2 aromatic heterocycles. The Hall–Kier alpha value is -4.66. The van der Waals surface area contributed by atoms with E-state index in [0.717, 1.165) is 0 Å². The van der Waals surface area contributed by atoms with Crippen molar-refractivity contribution in [2.75, 3.05) is 19.5 Å². The third kappa shape index (κ3) is 6.92. The van der Waals surface area contributed by atoms with Crippen LogP contribution in [-0.4, -0.2) is 31.1 Å². The third-order valence-electron chi connectivity index (χ3n) is 6.59. The van der Waals surface area contributed by atoms with Crippen LogP contribution in [0.4, 0.5) is 11.4 Å². The largest absolute Gasteiger partial charge is 0.497 e. The van der Waals surface area contributed by atoms with E-state index in [4.69, 9.17) is 23.6 Å². The van der Waals surface area contributed by atoms with Crippen LogP contribution in [-0.2, 0) is 16.1 Å². The number of carbonyl (C=O) groups is 2. The molecule has 0 aliphatic rings. The molecule has 4 aromatic rings. The highest BCUT2D eigenvalue weighted by Gasteiger charge is 2.19. The standard InChI is InChI=1S/C32H35N3O6/c1-7-8-29(36)40-18-22-17-33-20(4)30-25(22)16-26(31(37)35-27-14-13-24(38-5)15-28(27)39-6)32(41-30)34-23-11-9-21(10-12-23)19(2)3/h9-17,19H,7-8,18H2,1-6H3,(H,35,37). The van der Waals surface area contributed by atoms with Crippen LogP contribution in [0, 0.1) is 6.92 Å². The minimum absolute atomic E-state index is 0.00134. The van der Waals surface area contributed by atoms with Gasteiger partial charge in [-0.1, -0.05) is 32.9 Å². The van der Waals surface area contributed by atoms with Gasteiger partial charge in [-0.05, 0) is 55.2 Å². The van der Waals surface area contributed by atoms with Crippen molar-refractivity contribution in [1.82, 2.24) is 4.98 Å². The third-order valence-corrected chi connectivity index (χ3v) is 6.59. The van der Waals surface area contributed by atoms with Crippen LogP contribution in [0.1, 0.15) is 66.7 Å². The summed E-state index contributed by atoms with van der Waals surface area (Å²) in [5, 5.41) is 3.50. The molecule has 0 atom stereocenters. The Morgan fingerprint density at radius 1 is 1.05 bits per heavy atom. The first-order chi connectivity index (χ1) is 19.7. The Morgan fingerprint density at radius 2 is 1.80 bits per heavy atom. The maximum absolute atomic E-state index is 13.8. The van der Waals surface area contributed by atoms with Crippen LogP contribution in [0.3, 0.4) is 0 Å². The molecule has 41 heavy (non-hydrogen) atoms. The topological polar surface area (TPSA) is 112 Å². The number of nitrogens with zero attached hydrogens (tertiary/aromatic N) is 2. The quantitative estimate of drug-likeness (QED) is 0.219. The van der Waals surface area contributed by atoms with E-state index < -0.39 is 5.91 Å². The lowest BCUT2D eigenvalue weighted by Crippen LogP contribution is -2.22. The summed E-state index contributed by atoms with van der Waals surface area (Å²) in [6.07, 6.45) is 2.63. The van der Waals surface area contributed by atoms with Crippen LogP contribution < -0.4 is 20.3 Å². The molecule has 1 amide bonds. The molecule has 0 saturated heterocycles. The van der Waals surface area contributed by atoms with Crippen molar-refractivity contribution in [3.63, 3.8) is 0 Å². The van der Waals surface area contributed by atoms with Crippen LogP contribution in [0.5, 0.6) is 11.5 Å². The van der Waals surface area contributed by atoms with Crippen molar-refractivity contribution in [2.24, 2.45) is 4.99 Å². The molecule has 2 aromatic carbocycles. The number of hydrogen-bond acceptors (Lipinski definition) is 8. The van der Waals surface area contributed by atoms with Crippen molar-refractivity contribution < 1.29 is 28.2 Å². The molecule has 0 unspecified atom stereocenters. The fourth-order valence-corrected chi connectivity index (χ4v) is 4.23. The number of methoxy groups -OCH3 is 2. The van der Waals surface area contributed by atoms with Crippen LogP contribution in [0.2, 0.25) is 0 Å². The molecule has 0 saturated carbocycles. The maximum Gasteiger partial charge on any atom is 0.306 e. The molecule has 0 aliphatic heterocycles. The average molecular weight is 558 g/mol. The Kier molecular flexibility index (Phi) is 9.39. The molecular formula is C32H35N3O6. The van der Waals surface area contributed by atoms with E-state index in [2.05, 4.69) is 24.1 Å². The number of pyridine rings is 1. The zero-order chi connectivity index (χ0) is 29.5. The van der Waals surface area contributed by atoms with E-state index in [-0.39, 0.29) is 23.7 Å². The molecule has 214 valence electrons. The second kappa shape index (κ2) is 13.1. The summed E-state index contributed by atoms with van der Waals surface area (Å²) in [4.78, 5) is 35.0. The summed E-state index contributed by atoms with van der Waals surface area (Å²) >= 11 is 0. The summed E-state index contributed by atoms with van der Waals surface area (Å²) < 4.78 is 22.5. The number of nitrogens with one attached hydrogen (secondary N) is 1. The van der Waals surface area contributed by atoms with Gasteiger partial charge in [-0.2, -0.15) is 0 Å². The molecule has 0 spiro atoms. The minimum Gasteiger partial charge on any atom is -0.497 e. The normalized spacial score (nSPS) is 11.5. The number of carbonyl (C=O) groups excluding carboxylic acids is 2. The number of hydrogen-bond donors (Lipinski definition) is 1. The minimum atomic E-state index is -0.458. The van der Waals surface area contributed by atoms with Gasteiger partial charge in [-0.25, -0.2) is 4.99 Å². The van der Waals surface area contributed by atoms with Gasteiger partial charge in [0.2, 0.25) is 5.55 Å². The van der Waals surface area contributed by atoms with Gasteiger partial charge in [0.1, 0.15) is 23.7 Å². The Balaban J connectivity index is 1.85. The highest BCUT2D eigenvalue weighted by molar-refractivity contribution is 6.06. The first kappa shape index (κ1) is 29.3. The molecule has 9 heteroatoms. The van der Waals surface area contributed by atoms with Crippen molar-refractivity contribution in [3.05, 3.63) is 82.7 Å². The lowest BCUT2D eigenvalue weighted by atomic mass is 10.0. The number of amides is 1. The highest BCUT2D eigenvalue weighted by Crippen LogP contribution is 2.30. The number of aryl methyl sites for hydroxylation is 1. The summed E-state index contributed by atoms with van der Waals surface area (Å²) in [5.74, 6) is 0.626. The number of aromatic nitrogens is 1. The zero-order valence-electron chi connectivity index (χ0n) is 24.2. The molecule has 9 nitrogen and oxygen atoms in total. The highest BCUT2D eigenvalue weighted by atomic mass is 16.5. The predicted molar refractivity (Wildman–Crippen MR) is 157 cm³/mol.